The molecule has 0 aromatic carbocycles. The maximum atomic E-state index is 9.57. The number of rotatable bonds is 2. The molecule has 0 aliphatic rings. The van der Waals surface area contributed by atoms with E-state index in [1.54, 1.807) is 0 Å². The molecule has 0 radical (unpaired) electrons. The Kier molecular flexibility index (Phi) is 7.42. The topological polar surface area (TPSA) is 94.9 Å². The Hall–Kier alpha value is -0.500. The molecule has 0 bridgehead atoms. The fourth-order valence-corrected chi connectivity index (χ4v) is 0.149. The molecule has 7 heteroatoms. The van der Waals surface area contributed by atoms with Crippen molar-refractivity contribution in [3.05, 3.63) is 0 Å². The number of hydrogen-bond acceptors (Lipinski definition) is 4. The first-order chi connectivity index (χ1) is 4.77. The largest absolute Gasteiger partial charge is 0.394 e. The zero-order valence-electron chi connectivity index (χ0n) is 6.26. The van der Waals surface area contributed by atoms with E-state index >= 15 is 0 Å². The Labute approximate surface area is 65.4 Å². The van der Waals surface area contributed by atoms with Crippen LogP contribution in [0.15, 0.2) is 0 Å². The second kappa shape index (κ2) is 6.23. The summed E-state index contributed by atoms with van der Waals surface area (Å²) in [7, 11) is -0.956. The van der Waals surface area contributed by atoms with Crippen LogP contribution in [-0.4, -0.2) is 49.3 Å². The lowest BCUT2D eigenvalue weighted by Gasteiger charge is -1.99. The molecular weight excluding hydrogens is 174 g/mol. The Morgan fingerprint density at radius 1 is 1.36 bits per heavy atom. The van der Waals surface area contributed by atoms with Crippen molar-refractivity contribution in [2.24, 2.45) is 0 Å². The van der Waals surface area contributed by atoms with E-state index in [4.69, 9.17) is 17.5 Å². The minimum absolute atomic E-state index is 0.528. The molecule has 11 heavy (non-hydrogen) atoms. The third-order valence-electron chi connectivity index (χ3n) is 0.440. The van der Waals surface area contributed by atoms with Crippen molar-refractivity contribution < 1.29 is 22.3 Å². The summed E-state index contributed by atoms with van der Waals surface area (Å²) in [6.07, 6.45) is 0.875. The zero-order valence-corrected chi connectivity index (χ0v) is 7.08. The van der Waals surface area contributed by atoms with Gasteiger partial charge in [-0.1, -0.05) is 0 Å². The Morgan fingerprint density at radius 3 is 1.64 bits per heavy atom. The fraction of sp³-hybridized carbons (Fsp3) is 0.750. The molecule has 6 nitrogen and oxygen atoms in total. The Balaban J connectivity index is 0. The molecule has 0 saturated heterocycles. The van der Waals surface area contributed by atoms with Gasteiger partial charge in [0.1, 0.15) is 6.29 Å². The molecule has 0 atom stereocenters. The van der Waals surface area contributed by atoms with Crippen LogP contribution in [0.5, 0.6) is 0 Å². The Bertz CT molecular complexity index is 177. The Morgan fingerprint density at radius 2 is 1.64 bits per heavy atom. The van der Waals surface area contributed by atoms with E-state index in [1.807, 2.05) is 19.0 Å². The second-order valence-electron chi connectivity index (χ2n) is 1.88. The summed E-state index contributed by atoms with van der Waals surface area (Å²) >= 11 is 0. The van der Waals surface area contributed by atoms with Crippen molar-refractivity contribution in [1.82, 2.24) is 4.90 Å². The average molecular weight is 185 g/mol. The number of hydrogen-bond donors (Lipinski definition) is 2. The summed E-state index contributed by atoms with van der Waals surface area (Å²) in [6, 6.07) is 0. The van der Waals surface area contributed by atoms with E-state index in [-0.39, 0.29) is 0 Å². The van der Waals surface area contributed by atoms with Gasteiger partial charge in [0.25, 0.3) is 0 Å². The van der Waals surface area contributed by atoms with Crippen molar-refractivity contribution in [3.8, 4) is 0 Å². The van der Waals surface area contributed by atoms with E-state index in [2.05, 4.69) is 0 Å². The predicted octanol–water partition coefficient (Wildman–Crippen LogP) is -0.906. The van der Waals surface area contributed by atoms with Gasteiger partial charge >= 0.3 is 10.4 Å². The van der Waals surface area contributed by atoms with Crippen molar-refractivity contribution in [2.45, 2.75) is 0 Å². The van der Waals surface area contributed by atoms with E-state index in [0.717, 1.165) is 6.29 Å². The quantitative estimate of drug-likeness (QED) is 0.427. The molecule has 0 spiro atoms. The molecule has 0 aliphatic carbocycles. The number of likely N-dealkylation sites (N-methyl/N-ethyl adjacent to an activating group) is 1. The van der Waals surface area contributed by atoms with Gasteiger partial charge in [-0.05, 0) is 14.1 Å². The predicted molar refractivity (Wildman–Crippen MR) is 38.8 cm³/mol. The van der Waals surface area contributed by atoms with Crippen LogP contribution < -0.4 is 0 Å². The molecule has 2 N–H and O–H groups in total. The zero-order chi connectivity index (χ0) is 9.49. The van der Waals surface area contributed by atoms with E-state index in [1.165, 1.54) is 0 Å². The summed E-state index contributed by atoms with van der Waals surface area (Å²) in [5.41, 5.74) is 0. The summed E-state index contributed by atoms with van der Waals surface area (Å²) in [6.45, 7) is 0.528. The summed E-state index contributed by atoms with van der Waals surface area (Å²) < 4.78 is 31.6. The minimum Gasteiger partial charge on any atom is -0.303 e. The molecule has 0 fully saturated rings. The van der Waals surface area contributed by atoms with Gasteiger partial charge in [-0.2, -0.15) is 8.42 Å². The molecule has 0 unspecified atom stereocenters. The van der Waals surface area contributed by atoms with Crippen molar-refractivity contribution >= 4 is 16.7 Å². The summed E-state index contributed by atoms with van der Waals surface area (Å²) in [5, 5.41) is 0. The maximum Gasteiger partial charge on any atom is 0.394 e. The van der Waals surface area contributed by atoms with Crippen LogP contribution in [0.4, 0.5) is 0 Å². The third kappa shape index (κ3) is 85.5. The van der Waals surface area contributed by atoms with Gasteiger partial charge in [0.05, 0.1) is 6.54 Å². The standard InChI is InChI=1S/C4H9NO.H2O4S/c1-5(2)3-4-6;1-5(2,3)4/h4H,3H2,1-2H3;(H2,1,2,3,4). The molecule has 0 aliphatic heterocycles. The molecular formula is C4H11NO5S. The van der Waals surface area contributed by atoms with E-state index in [9.17, 15) is 4.79 Å². The van der Waals surface area contributed by atoms with Gasteiger partial charge in [-0.3, -0.25) is 9.11 Å². The SMILES string of the molecule is CN(C)CC=O.O=S(=O)(O)O. The molecule has 0 aromatic rings. The molecule has 0 aromatic heterocycles. The number of aldehydes is 1. The highest BCUT2D eigenvalue weighted by Gasteiger charge is 1.84. The van der Waals surface area contributed by atoms with Gasteiger partial charge in [-0.15, -0.1) is 0 Å². The van der Waals surface area contributed by atoms with Gasteiger partial charge < -0.3 is 9.69 Å². The second-order valence-corrected chi connectivity index (χ2v) is 2.77. The molecule has 0 saturated carbocycles. The van der Waals surface area contributed by atoms with Crippen LogP contribution in [0.3, 0.4) is 0 Å². The highest BCUT2D eigenvalue weighted by molar-refractivity contribution is 7.79. The normalized spacial score (nSPS) is 10.3. The van der Waals surface area contributed by atoms with Crippen LogP contribution in [0.1, 0.15) is 0 Å². The van der Waals surface area contributed by atoms with Gasteiger partial charge in [0.15, 0.2) is 0 Å². The smallest absolute Gasteiger partial charge is 0.303 e. The van der Waals surface area contributed by atoms with Crippen molar-refractivity contribution in [2.75, 3.05) is 20.6 Å². The first kappa shape index (κ1) is 13.1. The first-order valence-electron chi connectivity index (χ1n) is 2.55. The van der Waals surface area contributed by atoms with Crippen molar-refractivity contribution in [3.63, 3.8) is 0 Å². The van der Waals surface area contributed by atoms with Crippen LogP contribution in [0, 0.1) is 0 Å². The third-order valence-corrected chi connectivity index (χ3v) is 0.440. The number of carbonyl (C=O) groups is 1. The molecule has 68 valence electrons. The number of nitrogens with zero attached hydrogens (tertiary/aromatic N) is 1. The molecule has 0 rings (SSSR count). The highest BCUT2D eigenvalue weighted by atomic mass is 32.3. The van der Waals surface area contributed by atoms with Crippen LogP contribution in [-0.2, 0) is 15.2 Å². The van der Waals surface area contributed by atoms with E-state index in [0.29, 0.717) is 6.54 Å². The van der Waals surface area contributed by atoms with E-state index < -0.39 is 10.4 Å². The number of carbonyl (C=O) groups excluding carboxylic acids is 1. The lowest BCUT2D eigenvalue weighted by molar-refractivity contribution is -0.108. The van der Waals surface area contributed by atoms with Crippen LogP contribution in [0.25, 0.3) is 0 Å². The van der Waals surface area contributed by atoms with Gasteiger partial charge in [0.2, 0.25) is 0 Å². The summed E-state index contributed by atoms with van der Waals surface area (Å²) in [4.78, 5) is 11.4. The fourth-order valence-electron chi connectivity index (χ4n) is 0.149. The maximum absolute atomic E-state index is 9.57. The first-order valence-corrected chi connectivity index (χ1v) is 3.95. The monoisotopic (exact) mass is 185 g/mol. The average Bonchev–Trinajstić information content (AvgIpc) is 1.58. The highest BCUT2D eigenvalue weighted by Crippen LogP contribution is 1.62. The van der Waals surface area contributed by atoms with Crippen LogP contribution >= 0.6 is 0 Å². The van der Waals surface area contributed by atoms with Crippen LogP contribution in [0.2, 0.25) is 0 Å². The lowest BCUT2D eigenvalue weighted by atomic mass is 10.7. The summed E-state index contributed by atoms with van der Waals surface area (Å²) in [5.74, 6) is 0. The van der Waals surface area contributed by atoms with Gasteiger partial charge in [-0.25, -0.2) is 0 Å². The van der Waals surface area contributed by atoms with Gasteiger partial charge in [0, 0.05) is 0 Å². The molecule has 0 amide bonds. The molecule has 0 heterocycles. The minimum atomic E-state index is -4.67. The lowest BCUT2D eigenvalue weighted by Crippen LogP contribution is -2.13. The van der Waals surface area contributed by atoms with Crippen molar-refractivity contribution in [1.29, 1.82) is 0 Å².